The first-order chi connectivity index (χ1) is 10.2. The summed E-state index contributed by atoms with van der Waals surface area (Å²) in [5.74, 6) is -2.45. The van der Waals surface area contributed by atoms with Crippen molar-refractivity contribution in [1.82, 2.24) is 0 Å². The van der Waals surface area contributed by atoms with Gasteiger partial charge in [0.25, 0.3) is 10.1 Å². The summed E-state index contributed by atoms with van der Waals surface area (Å²) in [5.41, 5.74) is -0.0181. The van der Waals surface area contributed by atoms with Gasteiger partial charge in [-0.05, 0) is 32.0 Å². The van der Waals surface area contributed by atoms with Crippen molar-refractivity contribution >= 4 is 16.1 Å². The Morgan fingerprint density at radius 1 is 1.41 bits per heavy atom. The molecule has 0 heterocycles. The number of rotatable bonds is 8. The zero-order valence-corrected chi connectivity index (χ0v) is 12.9. The smallest absolute Gasteiger partial charge is 0.338 e. The van der Waals surface area contributed by atoms with E-state index < -0.39 is 40.6 Å². The summed E-state index contributed by atoms with van der Waals surface area (Å²) in [5, 5.41) is 0. The highest BCUT2D eigenvalue weighted by molar-refractivity contribution is 7.85. The highest BCUT2D eigenvalue weighted by atomic mass is 32.2. The minimum absolute atomic E-state index is 0.0181. The quantitative estimate of drug-likeness (QED) is 0.437. The third kappa shape index (κ3) is 6.37. The van der Waals surface area contributed by atoms with E-state index in [4.69, 9.17) is 14.0 Å². The molecule has 0 radical (unpaired) electrons. The van der Waals surface area contributed by atoms with Crippen LogP contribution in [0.15, 0.2) is 18.2 Å². The molecule has 0 aromatic heterocycles. The maximum Gasteiger partial charge on any atom is 0.338 e. The number of benzene rings is 1. The molecule has 0 aliphatic heterocycles. The van der Waals surface area contributed by atoms with Gasteiger partial charge < -0.3 is 14.2 Å². The zero-order valence-electron chi connectivity index (χ0n) is 12.1. The van der Waals surface area contributed by atoms with Crippen molar-refractivity contribution in [1.29, 1.82) is 0 Å². The van der Waals surface area contributed by atoms with Crippen LogP contribution >= 0.6 is 0 Å². The summed E-state index contributed by atoms with van der Waals surface area (Å²) in [6, 6.07) is 3.32. The lowest BCUT2D eigenvalue weighted by Gasteiger charge is -2.15. The van der Waals surface area contributed by atoms with Crippen molar-refractivity contribution < 1.29 is 36.4 Å². The molecule has 1 unspecified atom stereocenters. The van der Waals surface area contributed by atoms with Crippen LogP contribution in [0.3, 0.4) is 0 Å². The first kappa shape index (κ1) is 18.3. The molecule has 0 spiro atoms. The first-order valence-corrected chi connectivity index (χ1v) is 8.04. The average Bonchev–Trinajstić information content (AvgIpc) is 2.40. The number of ether oxygens (including phenoxy) is 3. The van der Waals surface area contributed by atoms with Crippen molar-refractivity contribution in [2.45, 2.75) is 20.1 Å². The number of carbonyl (C=O) groups excluding carboxylic acids is 1. The summed E-state index contributed by atoms with van der Waals surface area (Å²) < 4.78 is 58.1. The van der Waals surface area contributed by atoms with Gasteiger partial charge in [0.05, 0.1) is 5.56 Å². The number of esters is 1. The van der Waals surface area contributed by atoms with E-state index in [0.717, 1.165) is 12.1 Å². The predicted octanol–water partition coefficient (Wildman–Crippen LogP) is 1.63. The van der Waals surface area contributed by atoms with Gasteiger partial charge in [-0.3, -0.25) is 4.55 Å². The summed E-state index contributed by atoms with van der Waals surface area (Å²) in [4.78, 5) is 11.7. The van der Waals surface area contributed by atoms with E-state index in [1.165, 1.54) is 6.07 Å². The van der Waals surface area contributed by atoms with E-state index in [0.29, 0.717) is 6.61 Å². The topological polar surface area (TPSA) is 99.1 Å². The Morgan fingerprint density at radius 3 is 2.68 bits per heavy atom. The minimum atomic E-state index is -4.22. The third-order valence-electron chi connectivity index (χ3n) is 2.44. The summed E-state index contributed by atoms with van der Waals surface area (Å²) in [6.07, 6.45) is -0.703. The number of hydrogen-bond acceptors (Lipinski definition) is 6. The molecule has 7 nitrogen and oxygen atoms in total. The van der Waals surface area contributed by atoms with Gasteiger partial charge in [0.2, 0.25) is 0 Å². The molecule has 9 heteroatoms. The van der Waals surface area contributed by atoms with Gasteiger partial charge >= 0.3 is 5.97 Å². The Balaban J connectivity index is 2.73. The molecule has 1 aromatic rings. The molecule has 0 aliphatic carbocycles. The maximum atomic E-state index is 13.6. The van der Waals surface area contributed by atoms with Crippen molar-refractivity contribution in [3.63, 3.8) is 0 Å². The van der Waals surface area contributed by atoms with Crippen LogP contribution in [0.25, 0.3) is 0 Å². The van der Waals surface area contributed by atoms with Crippen LogP contribution in [-0.2, 0) is 19.6 Å². The second kappa shape index (κ2) is 8.06. The zero-order chi connectivity index (χ0) is 16.8. The van der Waals surface area contributed by atoms with Gasteiger partial charge in [0.15, 0.2) is 17.9 Å². The molecule has 1 rings (SSSR count). The van der Waals surface area contributed by atoms with E-state index in [9.17, 15) is 17.6 Å². The fourth-order valence-corrected chi connectivity index (χ4v) is 1.79. The van der Waals surface area contributed by atoms with Gasteiger partial charge in [-0.2, -0.15) is 8.42 Å². The average molecular weight is 336 g/mol. The van der Waals surface area contributed by atoms with Gasteiger partial charge in [-0.15, -0.1) is 0 Å². The molecule has 0 aliphatic rings. The summed E-state index contributed by atoms with van der Waals surface area (Å²) >= 11 is 0. The largest absolute Gasteiger partial charge is 0.462 e. The van der Waals surface area contributed by atoms with Gasteiger partial charge in [-0.25, -0.2) is 9.18 Å². The number of carbonyl (C=O) groups is 1. The second-order valence-corrected chi connectivity index (χ2v) is 5.78. The van der Waals surface area contributed by atoms with E-state index in [1.807, 2.05) is 0 Å². The van der Waals surface area contributed by atoms with Crippen LogP contribution in [0.1, 0.15) is 24.2 Å². The maximum absolute atomic E-state index is 13.6. The second-order valence-electron chi connectivity index (χ2n) is 4.21. The highest BCUT2D eigenvalue weighted by Gasteiger charge is 2.15. The number of halogens is 1. The van der Waals surface area contributed by atoms with E-state index in [2.05, 4.69) is 4.74 Å². The van der Waals surface area contributed by atoms with E-state index in [1.54, 1.807) is 13.8 Å². The fraction of sp³-hybridized carbons (Fsp3) is 0.462. The van der Waals surface area contributed by atoms with Gasteiger partial charge in [0.1, 0.15) is 12.4 Å². The summed E-state index contributed by atoms with van der Waals surface area (Å²) in [6.45, 7) is 3.18. The molecule has 1 N–H and O–H groups in total. The lowest BCUT2D eigenvalue weighted by atomic mass is 10.2. The van der Waals surface area contributed by atoms with Crippen molar-refractivity contribution in [3.8, 4) is 5.75 Å². The third-order valence-corrected chi connectivity index (χ3v) is 3.12. The Kier molecular flexibility index (Phi) is 6.72. The van der Waals surface area contributed by atoms with Crippen LogP contribution in [0.4, 0.5) is 4.39 Å². The predicted molar refractivity (Wildman–Crippen MR) is 74.8 cm³/mol. The van der Waals surface area contributed by atoms with Crippen LogP contribution in [0.5, 0.6) is 5.75 Å². The monoisotopic (exact) mass is 336 g/mol. The Hall–Kier alpha value is -1.71. The molecule has 1 aromatic carbocycles. The first-order valence-electron chi connectivity index (χ1n) is 6.43. The Morgan fingerprint density at radius 2 is 2.09 bits per heavy atom. The molecule has 124 valence electrons. The van der Waals surface area contributed by atoms with Crippen molar-refractivity contribution in [2.24, 2.45) is 0 Å². The normalized spacial score (nSPS) is 12.7. The van der Waals surface area contributed by atoms with Crippen LogP contribution in [-0.4, -0.2) is 44.2 Å². The van der Waals surface area contributed by atoms with Gasteiger partial charge in [0, 0.05) is 6.61 Å². The molecule has 0 saturated heterocycles. The summed E-state index contributed by atoms with van der Waals surface area (Å²) in [7, 11) is -4.22. The van der Waals surface area contributed by atoms with Crippen molar-refractivity contribution in [2.75, 3.05) is 19.0 Å². The molecule has 1 atom stereocenters. The molecule has 0 amide bonds. The standard InChI is InChI=1S/C13H17FO7S/c1-3-19-9(2)21-12-8-10(4-5-11(12)14)13(15)20-6-7-22(16,17)18/h4-5,8-9H,3,6-7H2,1-2H3,(H,16,17,18). The van der Waals surface area contributed by atoms with Crippen LogP contribution < -0.4 is 4.74 Å². The van der Waals surface area contributed by atoms with Gasteiger partial charge in [-0.1, -0.05) is 0 Å². The highest BCUT2D eigenvalue weighted by Crippen LogP contribution is 2.21. The Labute approximate surface area is 127 Å². The van der Waals surface area contributed by atoms with E-state index >= 15 is 0 Å². The Bertz CT molecular complexity index is 615. The molecule has 22 heavy (non-hydrogen) atoms. The van der Waals surface area contributed by atoms with Crippen LogP contribution in [0.2, 0.25) is 0 Å². The molecule has 0 fully saturated rings. The lowest BCUT2D eigenvalue weighted by Crippen LogP contribution is -2.17. The van der Waals surface area contributed by atoms with Crippen molar-refractivity contribution in [3.05, 3.63) is 29.6 Å². The number of hydrogen-bond donors (Lipinski definition) is 1. The van der Waals surface area contributed by atoms with Crippen LogP contribution in [0, 0.1) is 5.82 Å². The molecular weight excluding hydrogens is 319 g/mol. The minimum Gasteiger partial charge on any atom is -0.462 e. The molecular formula is C13H17FO7S. The fourth-order valence-electron chi connectivity index (χ4n) is 1.49. The molecule has 0 saturated carbocycles. The lowest BCUT2D eigenvalue weighted by molar-refractivity contribution is -0.0631. The van der Waals surface area contributed by atoms with E-state index in [-0.39, 0.29) is 11.3 Å². The molecule has 0 bridgehead atoms. The SMILES string of the molecule is CCOC(C)Oc1cc(C(=O)OCCS(=O)(=O)O)ccc1F.